The van der Waals surface area contributed by atoms with Gasteiger partial charge >= 0.3 is 0 Å². The minimum absolute atomic E-state index is 0.337. The maximum Gasteiger partial charge on any atom is 0.149 e. The Morgan fingerprint density at radius 3 is 2.77 bits per heavy atom. The molecule has 0 aromatic carbocycles. The molecule has 0 spiro atoms. The first-order chi connectivity index (χ1) is 10.7. The molecule has 1 aliphatic carbocycles. The number of pyridine rings is 1. The third-order valence-corrected chi connectivity index (χ3v) is 4.72. The summed E-state index contributed by atoms with van der Waals surface area (Å²) >= 11 is 0. The Labute approximate surface area is 132 Å². The highest BCUT2D eigenvalue weighted by atomic mass is 15.4. The normalized spacial score (nSPS) is 19.5. The molecular weight excluding hydrogens is 274 g/mol. The molecule has 1 atom stereocenters. The average molecular weight is 301 g/mol. The van der Waals surface area contributed by atoms with Crippen molar-refractivity contribution in [3.8, 4) is 0 Å². The lowest BCUT2D eigenvalue weighted by Crippen LogP contribution is -2.45. The molecular formula is C17H27N5. The molecule has 0 saturated heterocycles. The summed E-state index contributed by atoms with van der Waals surface area (Å²) in [5.41, 5.74) is 14.5. The van der Waals surface area contributed by atoms with Gasteiger partial charge in [-0.3, -0.25) is 0 Å². The fourth-order valence-electron chi connectivity index (χ4n) is 3.70. The number of rotatable bonds is 5. The minimum Gasteiger partial charge on any atom is -0.382 e. The largest absolute Gasteiger partial charge is 0.382 e. The van der Waals surface area contributed by atoms with Gasteiger partial charge in [0.25, 0.3) is 0 Å². The summed E-state index contributed by atoms with van der Waals surface area (Å²) in [7, 11) is 2.13. The summed E-state index contributed by atoms with van der Waals surface area (Å²) in [5, 5.41) is 2.28. The van der Waals surface area contributed by atoms with Gasteiger partial charge in [-0.15, -0.1) is 0 Å². The van der Waals surface area contributed by atoms with Crippen molar-refractivity contribution in [3.63, 3.8) is 0 Å². The van der Waals surface area contributed by atoms with Gasteiger partial charge in [0.1, 0.15) is 17.7 Å². The van der Waals surface area contributed by atoms with Crippen LogP contribution in [0.4, 0.5) is 17.2 Å². The molecule has 0 bridgehead atoms. The number of fused-ring (bicyclic) bond motifs is 3. The number of hydrogen-bond donors (Lipinski definition) is 2. The number of nitrogens with zero attached hydrogens (tertiary/aromatic N) is 3. The van der Waals surface area contributed by atoms with Crippen LogP contribution in [-0.4, -0.2) is 31.3 Å². The number of anilines is 3. The van der Waals surface area contributed by atoms with Gasteiger partial charge in [0, 0.05) is 25.4 Å². The van der Waals surface area contributed by atoms with Crippen LogP contribution in [0, 0.1) is 0 Å². The molecule has 22 heavy (non-hydrogen) atoms. The first-order valence-corrected chi connectivity index (χ1v) is 8.38. The van der Waals surface area contributed by atoms with Crippen LogP contribution in [0.15, 0.2) is 0 Å². The summed E-state index contributed by atoms with van der Waals surface area (Å²) in [4.78, 5) is 9.38. The Bertz CT molecular complexity index is 667. The van der Waals surface area contributed by atoms with Crippen molar-refractivity contribution in [2.45, 2.75) is 45.2 Å². The smallest absolute Gasteiger partial charge is 0.149 e. The molecule has 2 aliphatic rings. The van der Waals surface area contributed by atoms with Gasteiger partial charge in [-0.05, 0) is 25.7 Å². The molecule has 1 aromatic heterocycles. The van der Waals surface area contributed by atoms with E-state index in [1.165, 1.54) is 23.7 Å². The summed E-state index contributed by atoms with van der Waals surface area (Å²) < 4.78 is 0. The number of hydrogen-bond acceptors (Lipinski definition) is 5. The van der Waals surface area contributed by atoms with Crippen molar-refractivity contribution in [2.24, 2.45) is 5.73 Å². The minimum atomic E-state index is 0.337. The van der Waals surface area contributed by atoms with Crippen LogP contribution in [0.5, 0.6) is 0 Å². The second-order valence-corrected chi connectivity index (χ2v) is 6.19. The van der Waals surface area contributed by atoms with Crippen LogP contribution in [0.1, 0.15) is 39.0 Å². The van der Waals surface area contributed by atoms with Crippen molar-refractivity contribution in [1.82, 2.24) is 4.98 Å². The van der Waals surface area contributed by atoms with Gasteiger partial charge in [0.15, 0.2) is 0 Å². The zero-order chi connectivity index (χ0) is 15.7. The van der Waals surface area contributed by atoms with Crippen molar-refractivity contribution in [2.75, 3.05) is 35.7 Å². The second-order valence-electron chi connectivity index (χ2n) is 6.19. The van der Waals surface area contributed by atoms with E-state index >= 15 is 0 Å². The van der Waals surface area contributed by atoms with Gasteiger partial charge in [-0.2, -0.15) is 0 Å². The predicted molar refractivity (Wildman–Crippen MR) is 94.2 cm³/mol. The molecule has 0 radical (unpaired) electrons. The molecule has 0 amide bonds. The predicted octanol–water partition coefficient (Wildman–Crippen LogP) is 0.750. The highest BCUT2D eigenvalue weighted by Gasteiger charge is 2.36. The second kappa shape index (κ2) is 6.16. The standard InChI is InChI=1S/C17H27N5/c1-3-4-9-14-21(2)16-15(22(14)11-10-18)12-7-5-6-8-13(12)20-17(16)19/h7-8,14H,3-6,9-11,18H2,1-2H3,(H2,19,20). The van der Waals surface area contributed by atoms with E-state index in [-0.39, 0.29) is 0 Å². The van der Waals surface area contributed by atoms with Crippen LogP contribution < -0.4 is 31.8 Å². The summed E-state index contributed by atoms with van der Waals surface area (Å²) in [6.45, 7) is 3.74. The van der Waals surface area contributed by atoms with Crippen molar-refractivity contribution >= 4 is 29.3 Å². The summed E-state index contributed by atoms with van der Waals surface area (Å²) in [6.07, 6.45) is 10.5. The lowest BCUT2D eigenvalue weighted by Gasteiger charge is -2.30. The van der Waals surface area contributed by atoms with Crippen molar-refractivity contribution < 1.29 is 0 Å². The van der Waals surface area contributed by atoms with E-state index < -0.39 is 0 Å². The van der Waals surface area contributed by atoms with Gasteiger partial charge in [0.05, 0.1) is 11.0 Å². The van der Waals surface area contributed by atoms with Crippen LogP contribution in [0.2, 0.25) is 0 Å². The Balaban J connectivity index is 2.16. The molecule has 3 rings (SSSR count). The molecule has 0 fully saturated rings. The Morgan fingerprint density at radius 1 is 1.27 bits per heavy atom. The van der Waals surface area contributed by atoms with E-state index in [4.69, 9.17) is 11.5 Å². The zero-order valence-corrected chi connectivity index (χ0v) is 13.7. The number of nitrogens with two attached hydrogens (primary N) is 2. The monoisotopic (exact) mass is 301 g/mol. The van der Waals surface area contributed by atoms with Gasteiger partial charge in [-0.1, -0.05) is 25.5 Å². The van der Waals surface area contributed by atoms with Crippen LogP contribution in [0.3, 0.4) is 0 Å². The van der Waals surface area contributed by atoms with Crippen molar-refractivity contribution in [3.05, 3.63) is 10.6 Å². The van der Waals surface area contributed by atoms with Gasteiger partial charge in [-0.25, -0.2) is 4.98 Å². The molecule has 1 unspecified atom stereocenters. The fourth-order valence-corrected chi connectivity index (χ4v) is 3.70. The lowest BCUT2D eigenvalue weighted by atomic mass is 10.1. The van der Waals surface area contributed by atoms with E-state index in [0.717, 1.165) is 36.8 Å². The number of nitrogen functional groups attached to an aromatic ring is 1. The quantitative estimate of drug-likeness (QED) is 0.840. The van der Waals surface area contributed by atoms with Gasteiger partial charge < -0.3 is 21.3 Å². The summed E-state index contributed by atoms with van der Waals surface area (Å²) in [5.74, 6) is 0.642. The van der Waals surface area contributed by atoms with E-state index in [9.17, 15) is 0 Å². The van der Waals surface area contributed by atoms with Crippen LogP contribution >= 0.6 is 0 Å². The molecule has 0 saturated carbocycles. The first kappa shape index (κ1) is 15.2. The zero-order valence-electron chi connectivity index (χ0n) is 13.7. The third-order valence-electron chi connectivity index (χ3n) is 4.72. The molecule has 120 valence electrons. The molecule has 1 aromatic rings. The van der Waals surface area contributed by atoms with Crippen molar-refractivity contribution in [1.29, 1.82) is 0 Å². The molecule has 1 aliphatic heterocycles. The Hall–Kier alpha value is -1.75. The van der Waals surface area contributed by atoms with Crippen LogP contribution in [-0.2, 0) is 0 Å². The number of unbranched alkanes of at least 4 members (excludes halogenated alkanes) is 1. The number of aromatic nitrogens is 1. The Morgan fingerprint density at radius 2 is 2.05 bits per heavy atom. The fraction of sp³-hybridized carbons (Fsp3) is 0.588. The van der Waals surface area contributed by atoms with E-state index in [1.54, 1.807) is 0 Å². The summed E-state index contributed by atoms with van der Waals surface area (Å²) in [6, 6.07) is 0. The first-order valence-electron chi connectivity index (χ1n) is 8.38. The molecule has 5 heteroatoms. The molecule has 4 N–H and O–H groups in total. The lowest BCUT2D eigenvalue weighted by molar-refractivity contribution is 0.541. The molecule has 2 heterocycles. The third kappa shape index (κ3) is 2.33. The SMILES string of the molecule is CCCCC1N(C)c2c(N)nc3c(c2N1CCN)=CCCC=3. The van der Waals surface area contributed by atoms with Crippen LogP contribution in [0.25, 0.3) is 12.2 Å². The topological polar surface area (TPSA) is 71.4 Å². The van der Waals surface area contributed by atoms with E-state index in [0.29, 0.717) is 18.5 Å². The average Bonchev–Trinajstić information content (AvgIpc) is 2.79. The highest BCUT2D eigenvalue weighted by molar-refractivity contribution is 5.86. The highest BCUT2D eigenvalue weighted by Crippen LogP contribution is 2.40. The maximum atomic E-state index is 6.29. The van der Waals surface area contributed by atoms with E-state index in [2.05, 4.69) is 40.9 Å². The molecule has 5 nitrogen and oxygen atoms in total. The van der Waals surface area contributed by atoms with Gasteiger partial charge in [0.2, 0.25) is 0 Å². The maximum absolute atomic E-state index is 6.29. The van der Waals surface area contributed by atoms with E-state index in [1.807, 2.05) is 0 Å². The Kier molecular flexibility index (Phi) is 4.25.